The number of aliphatic hydroxyl groups is 2. The SMILES string of the molecule is CC(=O)c1ccc2c(c1)CC(C(C)(O)CO)O2. The second-order valence-electron chi connectivity index (χ2n) is 4.70. The summed E-state index contributed by atoms with van der Waals surface area (Å²) in [6.45, 7) is 2.69. The Balaban J connectivity index is 2.25. The molecule has 0 spiro atoms. The van der Waals surface area contributed by atoms with E-state index in [1.54, 1.807) is 18.2 Å². The molecule has 0 saturated carbocycles. The highest BCUT2D eigenvalue weighted by molar-refractivity contribution is 5.94. The average Bonchev–Trinajstić information content (AvgIpc) is 2.72. The lowest BCUT2D eigenvalue weighted by Crippen LogP contribution is -2.45. The average molecular weight is 236 g/mol. The van der Waals surface area contributed by atoms with Crippen molar-refractivity contribution in [2.45, 2.75) is 32.0 Å². The molecule has 2 atom stereocenters. The molecule has 2 unspecified atom stereocenters. The predicted molar refractivity (Wildman–Crippen MR) is 62.3 cm³/mol. The molecule has 4 heteroatoms. The predicted octanol–water partition coefficient (Wildman–Crippen LogP) is 0.936. The largest absolute Gasteiger partial charge is 0.487 e. The highest BCUT2D eigenvalue weighted by Gasteiger charge is 2.38. The standard InChI is InChI=1S/C13H16O4/c1-8(15)9-3-4-11-10(5-9)6-12(17-11)13(2,16)7-14/h3-5,12,14,16H,6-7H2,1-2H3. The van der Waals surface area contributed by atoms with E-state index in [9.17, 15) is 9.90 Å². The lowest BCUT2D eigenvalue weighted by Gasteiger charge is -2.26. The van der Waals surface area contributed by atoms with E-state index in [0.717, 1.165) is 5.56 Å². The zero-order valence-corrected chi connectivity index (χ0v) is 9.93. The van der Waals surface area contributed by atoms with Gasteiger partial charge < -0.3 is 14.9 Å². The minimum absolute atomic E-state index is 0.00479. The summed E-state index contributed by atoms with van der Waals surface area (Å²) in [5.41, 5.74) is 0.267. The van der Waals surface area contributed by atoms with Gasteiger partial charge in [-0.05, 0) is 37.6 Å². The van der Waals surface area contributed by atoms with Gasteiger partial charge in [0.2, 0.25) is 0 Å². The molecule has 2 N–H and O–H groups in total. The van der Waals surface area contributed by atoms with Gasteiger partial charge in [0.05, 0.1) is 6.61 Å². The molecule has 1 heterocycles. The van der Waals surface area contributed by atoms with E-state index < -0.39 is 11.7 Å². The molecular formula is C13H16O4. The van der Waals surface area contributed by atoms with Crippen molar-refractivity contribution in [1.82, 2.24) is 0 Å². The van der Waals surface area contributed by atoms with E-state index in [2.05, 4.69) is 0 Å². The molecule has 1 aromatic carbocycles. The highest BCUT2D eigenvalue weighted by atomic mass is 16.5. The van der Waals surface area contributed by atoms with Gasteiger partial charge in [-0.25, -0.2) is 0 Å². The third kappa shape index (κ3) is 2.18. The van der Waals surface area contributed by atoms with Gasteiger partial charge in [-0.2, -0.15) is 0 Å². The van der Waals surface area contributed by atoms with Crippen molar-refractivity contribution in [3.63, 3.8) is 0 Å². The van der Waals surface area contributed by atoms with Gasteiger partial charge in [0.1, 0.15) is 17.5 Å². The van der Waals surface area contributed by atoms with Crippen LogP contribution < -0.4 is 4.74 Å². The summed E-state index contributed by atoms with van der Waals surface area (Å²) >= 11 is 0. The molecule has 92 valence electrons. The molecule has 0 saturated heterocycles. The molecule has 0 radical (unpaired) electrons. The Morgan fingerprint density at radius 1 is 1.59 bits per heavy atom. The van der Waals surface area contributed by atoms with E-state index in [0.29, 0.717) is 17.7 Å². The maximum atomic E-state index is 11.2. The number of carbonyl (C=O) groups is 1. The normalized spacial score (nSPS) is 21.5. The first-order valence-electron chi connectivity index (χ1n) is 5.58. The molecule has 0 aliphatic carbocycles. The summed E-state index contributed by atoms with van der Waals surface area (Å²) < 4.78 is 5.58. The Morgan fingerprint density at radius 2 is 2.29 bits per heavy atom. The molecule has 0 bridgehead atoms. The van der Waals surface area contributed by atoms with Crippen LogP contribution in [0.5, 0.6) is 5.75 Å². The molecule has 2 rings (SSSR count). The van der Waals surface area contributed by atoms with Gasteiger partial charge in [0.25, 0.3) is 0 Å². The van der Waals surface area contributed by atoms with Crippen molar-refractivity contribution < 1.29 is 19.7 Å². The van der Waals surface area contributed by atoms with Crippen LogP contribution in [0, 0.1) is 0 Å². The molecule has 17 heavy (non-hydrogen) atoms. The fourth-order valence-electron chi connectivity index (χ4n) is 1.92. The van der Waals surface area contributed by atoms with Crippen LogP contribution in [-0.4, -0.2) is 34.3 Å². The lowest BCUT2D eigenvalue weighted by molar-refractivity contribution is -0.0729. The summed E-state index contributed by atoms with van der Waals surface area (Å²) in [5.74, 6) is 0.680. The number of benzene rings is 1. The van der Waals surface area contributed by atoms with Crippen LogP contribution in [-0.2, 0) is 6.42 Å². The number of Topliss-reactive ketones (excluding diaryl/α,β-unsaturated/α-hetero) is 1. The molecule has 4 nitrogen and oxygen atoms in total. The summed E-state index contributed by atoms with van der Waals surface area (Å²) in [5, 5.41) is 19.0. The molecule has 1 aliphatic rings. The zero-order chi connectivity index (χ0) is 12.6. The second-order valence-corrected chi connectivity index (χ2v) is 4.70. The number of fused-ring (bicyclic) bond motifs is 1. The van der Waals surface area contributed by atoms with Crippen LogP contribution in [0.25, 0.3) is 0 Å². The molecule has 1 aromatic rings. The van der Waals surface area contributed by atoms with Crippen LogP contribution in [0.1, 0.15) is 29.8 Å². The number of rotatable bonds is 3. The Bertz CT molecular complexity index is 451. The minimum Gasteiger partial charge on any atom is -0.487 e. The number of hydrogen-bond acceptors (Lipinski definition) is 4. The van der Waals surface area contributed by atoms with E-state index in [-0.39, 0.29) is 12.4 Å². The molecule has 0 fully saturated rings. The fraction of sp³-hybridized carbons (Fsp3) is 0.462. The monoisotopic (exact) mass is 236 g/mol. The topological polar surface area (TPSA) is 66.8 Å². The van der Waals surface area contributed by atoms with Crippen LogP contribution in [0.4, 0.5) is 0 Å². The Kier molecular flexibility index (Phi) is 2.93. The summed E-state index contributed by atoms with van der Waals surface area (Å²) in [7, 11) is 0. The van der Waals surface area contributed by atoms with Gasteiger partial charge in [-0.1, -0.05) is 0 Å². The van der Waals surface area contributed by atoms with Crippen molar-refractivity contribution in [1.29, 1.82) is 0 Å². The minimum atomic E-state index is -1.27. The van der Waals surface area contributed by atoms with Crippen molar-refractivity contribution in [2.75, 3.05) is 6.61 Å². The summed E-state index contributed by atoms with van der Waals surface area (Å²) in [6.07, 6.45) is 0.0361. The van der Waals surface area contributed by atoms with Gasteiger partial charge in [-0.15, -0.1) is 0 Å². The molecule has 0 aromatic heterocycles. The van der Waals surface area contributed by atoms with Crippen molar-refractivity contribution in [3.05, 3.63) is 29.3 Å². The van der Waals surface area contributed by atoms with Crippen molar-refractivity contribution >= 4 is 5.78 Å². The highest BCUT2D eigenvalue weighted by Crippen LogP contribution is 2.33. The Labute approximate surface area is 99.8 Å². The first kappa shape index (κ1) is 12.1. The van der Waals surface area contributed by atoms with E-state index in [1.165, 1.54) is 13.8 Å². The second kappa shape index (κ2) is 4.13. The van der Waals surface area contributed by atoms with Crippen molar-refractivity contribution in [2.24, 2.45) is 0 Å². The van der Waals surface area contributed by atoms with E-state index in [1.807, 2.05) is 0 Å². The molecule has 0 amide bonds. The number of carbonyl (C=O) groups excluding carboxylic acids is 1. The van der Waals surface area contributed by atoms with Crippen LogP contribution in [0.3, 0.4) is 0 Å². The first-order chi connectivity index (χ1) is 7.94. The molecular weight excluding hydrogens is 220 g/mol. The number of aliphatic hydroxyl groups excluding tert-OH is 1. The van der Waals surface area contributed by atoms with Crippen LogP contribution in [0.15, 0.2) is 18.2 Å². The molecule has 1 aliphatic heterocycles. The maximum absolute atomic E-state index is 11.2. The quantitative estimate of drug-likeness (QED) is 0.766. The van der Waals surface area contributed by atoms with E-state index in [4.69, 9.17) is 9.84 Å². The maximum Gasteiger partial charge on any atom is 0.159 e. The number of hydrogen-bond donors (Lipinski definition) is 2. The van der Waals surface area contributed by atoms with Gasteiger partial charge in [0, 0.05) is 12.0 Å². The van der Waals surface area contributed by atoms with Gasteiger partial charge >= 0.3 is 0 Å². The Morgan fingerprint density at radius 3 is 2.88 bits per heavy atom. The first-order valence-corrected chi connectivity index (χ1v) is 5.58. The third-order valence-corrected chi connectivity index (χ3v) is 3.16. The summed E-state index contributed by atoms with van der Waals surface area (Å²) in [4.78, 5) is 11.2. The fourth-order valence-corrected chi connectivity index (χ4v) is 1.92. The van der Waals surface area contributed by atoms with Gasteiger partial charge in [0.15, 0.2) is 5.78 Å². The Hall–Kier alpha value is -1.39. The number of ketones is 1. The van der Waals surface area contributed by atoms with Gasteiger partial charge in [-0.3, -0.25) is 4.79 Å². The zero-order valence-electron chi connectivity index (χ0n) is 9.93. The smallest absolute Gasteiger partial charge is 0.159 e. The summed E-state index contributed by atoms with van der Waals surface area (Å²) in [6, 6.07) is 5.22. The van der Waals surface area contributed by atoms with Crippen LogP contribution >= 0.6 is 0 Å². The van der Waals surface area contributed by atoms with Crippen molar-refractivity contribution in [3.8, 4) is 5.75 Å². The van der Waals surface area contributed by atoms with E-state index >= 15 is 0 Å². The lowest BCUT2D eigenvalue weighted by atomic mass is 9.95. The number of ether oxygens (including phenoxy) is 1. The van der Waals surface area contributed by atoms with Crippen LogP contribution in [0.2, 0.25) is 0 Å². The third-order valence-electron chi connectivity index (χ3n) is 3.16.